The predicted molar refractivity (Wildman–Crippen MR) is 54.7 cm³/mol. The Labute approximate surface area is 78.6 Å². The normalized spacial score (nSPS) is 10.1. The van der Waals surface area contributed by atoms with Gasteiger partial charge in [0.1, 0.15) is 0 Å². The van der Waals surface area contributed by atoms with Gasteiger partial charge in [-0.05, 0) is 24.3 Å². The molecule has 0 N–H and O–H groups in total. The lowest BCUT2D eigenvalue weighted by Gasteiger charge is -1.99. The summed E-state index contributed by atoms with van der Waals surface area (Å²) in [4.78, 5) is 1.36. The van der Waals surface area contributed by atoms with Gasteiger partial charge in [-0.25, -0.2) is 5.32 Å². The van der Waals surface area contributed by atoms with E-state index in [1.807, 2.05) is 24.9 Å². The van der Waals surface area contributed by atoms with Crippen molar-refractivity contribution in [3.8, 4) is 0 Å². The zero-order chi connectivity index (χ0) is 8.65. The van der Waals surface area contributed by atoms with E-state index in [4.69, 9.17) is 0 Å². The summed E-state index contributed by atoms with van der Waals surface area (Å²) in [6, 6.07) is 10.5. The highest BCUT2D eigenvalue weighted by atomic mass is 32.2. The zero-order valence-corrected chi connectivity index (χ0v) is 8.18. The van der Waals surface area contributed by atoms with Gasteiger partial charge in [0.25, 0.3) is 0 Å². The summed E-state index contributed by atoms with van der Waals surface area (Å²) in [6.45, 7) is 0.986. The highest BCUT2D eigenvalue weighted by Crippen LogP contribution is 2.17. The first kappa shape index (κ1) is 9.62. The highest BCUT2D eigenvalue weighted by molar-refractivity contribution is 7.99. The van der Waals surface area contributed by atoms with E-state index in [1.54, 1.807) is 0 Å². The molecule has 65 valence electrons. The molecule has 0 amide bonds. The molecule has 0 saturated heterocycles. The fraction of sp³-hybridized carbons (Fsp3) is 0.400. The van der Waals surface area contributed by atoms with Gasteiger partial charge in [-0.3, -0.25) is 0 Å². The van der Waals surface area contributed by atoms with Crippen molar-refractivity contribution in [3.63, 3.8) is 0 Å². The van der Waals surface area contributed by atoms with Crippen LogP contribution >= 0.6 is 11.8 Å². The minimum Gasteiger partial charge on any atom is -0.245 e. The molecule has 0 aliphatic carbocycles. The molecule has 0 aliphatic heterocycles. The van der Waals surface area contributed by atoms with E-state index in [2.05, 4.69) is 29.6 Å². The minimum absolute atomic E-state index is 0.986. The summed E-state index contributed by atoms with van der Waals surface area (Å²) in [5.74, 6) is 1.17. The third kappa shape index (κ3) is 3.79. The first-order valence-electron chi connectivity index (χ1n) is 4.17. The van der Waals surface area contributed by atoms with E-state index in [1.165, 1.54) is 17.1 Å². The standard InChI is InChI=1S/C10H14NS/c1-11-8-5-9-12-10-6-3-2-4-7-10/h2-4,6-7H,5,8-9H2,1H3. The molecular weight excluding hydrogens is 166 g/mol. The molecule has 1 aromatic rings. The average molecular weight is 180 g/mol. The van der Waals surface area contributed by atoms with Gasteiger partial charge in [0.2, 0.25) is 0 Å². The molecule has 0 atom stereocenters. The Morgan fingerprint density at radius 2 is 2.00 bits per heavy atom. The molecule has 1 rings (SSSR count). The van der Waals surface area contributed by atoms with Crippen LogP contribution < -0.4 is 5.32 Å². The Morgan fingerprint density at radius 1 is 1.25 bits per heavy atom. The summed E-state index contributed by atoms with van der Waals surface area (Å²) >= 11 is 1.90. The number of rotatable bonds is 5. The van der Waals surface area contributed by atoms with Crippen molar-refractivity contribution in [2.45, 2.75) is 11.3 Å². The second kappa shape index (κ2) is 6.09. The summed E-state index contributed by atoms with van der Waals surface area (Å²) in [5, 5.41) is 4.05. The summed E-state index contributed by atoms with van der Waals surface area (Å²) < 4.78 is 0. The van der Waals surface area contributed by atoms with Gasteiger partial charge in [-0.2, -0.15) is 0 Å². The van der Waals surface area contributed by atoms with Crippen molar-refractivity contribution in [1.29, 1.82) is 0 Å². The maximum atomic E-state index is 4.05. The zero-order valence-electron chi connectivity index (χ0n) is 7.36. The monoisotopic (exact) mass is 180 g/mol. The van der Waals surface area contributed by atoms with Crippen LogP contribution in [0.25, 0.3) is 0 Å². The van der Waals surface area contributed by atoms with Crippen LogP contribution in [0.15, 0.2) is 35.2 Å². The van der Waals surface area contributed by atoms with Gasteiger partial charge < -0.3 is 0 Å². The van der Waals surface area contributed by atoms with E-state index in [0.717, 1.165) is 6.54 Å². The molecule has 0 aromatic heterocycles. The van der Waals surface area contributed by atoms with Crippen molar-refractivity contribution in [1.82, 2.24) is 5.32 Å². The first-order valence-corrected chi connectivity index (χ1v) is 5.15. The van der Waals surface area contributed by atoms with Gasteiger partial charge in [0.05, 0.1) is 0 Å². The van der Waals surface area contributed by atoms with Gasteiger partial charge in [0.15, 0.2) is 0 Å². The van der Waals surface area contributed by atoms with Crippen molar-refractivity contribution in [3.05, 3.63) is 30.3 Å². The number of hydrogen-bond acceptors (Lipinski definition) is 1. The maximum absolute atomic E-state index is 4.05. The first-order chi connectivity index (χ1) is 5.93. The summed E-state index contributed by atoms with van der Waals surface area (Å²) in [7, 11) is 1.87. The Kier molecular flexibility index (Phi) is 4.88. The summed E-state index contributed by atoms with van der Waals surface area (Å²) in [5.41, 5.74) is 0. The average Bonchev–Trinajstić information content (AvgIpc) is 2.14. The molecule has 0 spiro atoms. The third-order valence-corrected chi connectivity index (χ3v) is 2.64. The van der Waals surface area contributed by atoms with Crippen LogP contribution in [0, 0.1) is 0 Å². The Balaban J connectivity index is 2.16. The van der Waals surface area contributed by atoms with E-state index < -0.39 is 0 Å². The molecule has 0 unspecified atom stereocenters. The molecule has 2 heteroatoms. The molecule has 12 heavy (non-hydrogen) atoms. The Bertz CT molecular complexity index is 198. The number of thioether (sulfide) groups is 1. The van der Waals surface area contributed by atoms with Crippen LogP contribution in [0.2, 0.25) is 0 Å². The molecule has 1 radical (unpaired) electrons. The molecule has 0 heterocycles. The predicted octanol–water partition coefficient (Wildman–Crippen LogP) is 2.40. The topological polar surface area (TPSA) is 14.1 Å². The minimum atomic E-state index is 0.986. The van der Waals surface area contributed by atoms with Crippen LogP contribution in [-0.4, -0.2) is 19.3 Å². The lowest BCUT2D eigenvalue weighted by Crippen LogP contribution is -1.99. The summed E-state index contributed by atoms with van der Waals surface area (Å²) in [6.07, 6.45) is 1.18. The van der Waals surface area contributed by atoms with Crippen LogP contribution in [0.1, 0.15) is 6.42 Å². The van der Waals surface area contributed by atoms with Gasteiger partial charge in [0, 0.05) is 18.5 Å². The van der Waals surface area contributed by atoms with Crippen molar-refractivity contribution >= 4 is 11.8 Å². The van der Waals surface area contributed by atoms with Crippen LogP contribution in [-0.2, 0) is 0 Å². The molecule has 1 aromatic carbocycles. The molecule has 0 fully saturated rings. The largest absolute Gasteiger partial charge is 0.245 e. The smallest absolute Gasteiger partial charge is 0.0138 e. The Morgan fingerprint density at radius 3 is 2.67 bits per heavy atom. The Hall–Kier alpha value is -0.470. The van der Waals surface area contributed by atoms with Gasteiger partial charge in [-0.1, -0.05) is 18.2 Å². The van der Waals surface area contributed by atoms with Crippen LogP contribution in [0.4, 0.5) is 0 Å². The van der Waals surface area contributed by atoms with E-state index >= 15 is 0 Å². The van der Waals surface area contributed by atoms with E-state index in [9.17, 15) is 0 Å². The highest BCUT2D eigenvalue weighted by Gasteiger charge is 1.91. The molecule has 1 nitrogen and oxygen atoms in total. The molecule has 0 aliphatic rings. The number of hydrogen-bond donors (Lipinski definition) is 0. The number of benzene rings is 1. The number of nitrogens with zero attached hydrogens (tertiary/aromatic N) is 1. The lowest BCUT2D eigenvalue weighted by molar-refractivity contribution is 0.764. The van der Waals surface area contributed by atoms with Crippen molar-refractivity contribution in [2.24, 2.45) is 0 Å². The van der Waals surface area contributed by atoms with Gasteiger partial charge >= 0.3 is 0 Å². The maximum Gasteiger partial charge on any atom is 0.0138 e. The van der Waals surface area contributed by atoms with Crippen LogP contribution in [0.5, 0.6) is 0 Å². The van der Waals surface area contributed by atoms with Crippen molar-refractivity contribution in [2.75, 3.05) is 19.3 Å². The molecular formula is C10H14NS. The quantitative estimate of drug-likeness (QED) is 0.501. The third-order valence-electron chi connectivity index (χ3n) is 1.54. The van der Waals surface area contributed by atoms with E-state index in [0.29, 0.717) is 0 Å². The van der Waals surface area contributed by atoms with Crippen LogP contribution in [0.3, 0.4) is 0 Å². The van der Waals surface area contributed by atoms with E-state index in [-0.39, 0.29) is 0 Å². The fourth-order valence-electron chi connectivity index (χ4n) is 0.929. The second-order valence-electron chi connectivity index (χ2n) is 2.55. The van der Waals surface area contributed by atoms with Gasteiger partial charge in [-0.15, -0.1) is 11.8 Å². The lowest BCUT2D eigenvalue weighted by atomic mass is 10.4. The van der Waals surface area contributed by atoms with Crippen molar-refractivity contribution < 1.29 is 0 Å². The molecule has 0 bridgehead atoms. The second-order valence-corrected chi connectivity index (χ2v) is 3.72. The molecule has 0 saturated carbocycles. The fourth-order valence-corrected chi connectivity index (χ4v) is 1.79. The SMILES string of the molecule is C[N]CCCSc1ccccc1.